The summed E-state index contributed by atoms with van der Waals surface area (Å²) in [5.41, 5.74) is 3.11. The summed E-state index contributed by atoms with van der Waals surface area (Å²) in [7, 11) is 0. The van der Waals surface area contributed by atoms with Gasteiger partial charge in [0.15, 0.2) is 0 Å². The smallest absolute Gasteiger partial charge is 0.223 e. The first-order valence-corrected chi connectivity index (χ1v) is 10.2. The van der Waals surface area contributed by atoms with Gasteiger partial charge in [-0.2, -0.15) is 5.26 Å². The molecule has 0 saturated carbocycles. The second-order valence-electron chi connectivity index (χ2n) is 7.61. The van der Waals surface area contributed by atoms with Crippen LogP contribution in [0.4, 0.5) is 5.82 Å². The van der Waals surface area contributed by atoms with Crippen molar-refractivity contribution in [3.63, 3.8) is 0 Å². The normalized spacial score (nSPS) is 17.1. The molecule has 3 heterocycles. The summed E-state index contributed by atoms with van der Waals surface area (Å²) >= 11 is 6.29. The third kappa shape index (κ3) is 3.98. The number of hydrogen-bond acceptors (Lipinski definition) is 4. The highest BCUT2D eigenvalue weighted by Gasteiger charge is 2.27. The Morgan fingerprint density at radius 2 is 1.96 bits per heavy atom. The van der Waals surface area contributed by atoms with Crippen molar-refractivity contribution in [1.29, 1.82) is 5.26 Å². The summed E-state index contributed by atoms with van der Waals surface area (Å²) in [5, 5.41) is 9.46. The molecule has 0 N–H and O–H groups in total. The Balaban J connectivity index is 1.31. The van der Waals surface area contributed by atoms with Crippen molar-refractivity contribution in [2.75, 3.05) is 24.5 Å². The number of carbonyl (C=O) groups excluding carboxylic acids is 1. The van der Waals surface area contributed by atoms with Crippen molar-refractivity contribution in [2.45, 2.75) is 32.2 Å². The Hall–Kier alpha value is -2.58. The predicted octanol–water partition coefficient (Wildman–Crippen LogP) is 3.80. The zero-order valence-corrected chi connectivity index (χ0v) is 16.5. The predicted molar refractivity (Wildman–Crippen MR) is 109 cm³/mol. The Kier molecular flexibility index (Phi) is 5.50. The fraction of sp³-hybridized carbons (Fsp3) is 0.409. The van der Waals surface area contributed by atoms with Crippen LogP contribution in [0.15, 0.2) is 36.5 Å². The zero-order valence-electron chi connectivity index (χ0n) is 15.8. The lowest BCUT2D eigenvalue weighted by atomic mass is 9.92. The highest BCUT2D eigenvalue weighted by Crippen LogP contribution is 2.30. The first-order valence-electron chi connectivity index (χ1n) is 9.79. The van der Waals surface area contributed by atoms with Gasteiger partial charge in [-0.1, -0.05) is 35.9 Å². The van der Waals surface area contributed by atoms with Gasteiger partial charge in [-0.25, -0.2) is 4.98 Å². The highest BCUT2D eigenvalue weighted by atomic mass is 35.5. The summed E-state index contributed by atoms with van der Waals surface area (Å²) < 4.78 is 0. The first-order chi connectivity index (χ1) is 13.6. The van der Waals surface area contributed by atoms with E-state index < -0.39 is 0 Å². The van der Waals surface area contributed by atoms with Crippen molar-refractivity contribution in [2.24, 2.45) is 5.92 Å². The van der Waals surface area contributed by atoms with Gasteiger partial charge in [-0.05, 0) is 42.4 Å². The molecule has 1 saturated heterocycles. The number of halogens is 1. The molecule has 144 valence electrons. The Labute approximate surface area is 170 Å². The molecule has 0 radical (unpaired) electrons. The van der Waals surface area contributed by atoms with Crippen LogP contribution < -0.4 is 4.90 Å². The largest absolute Gasteiger partial charge is 0.355 e. The number of anilines is 1. The van der Waals surface area contributed by atoms with Crippen LogP contribution in [-0.4, -0.2) is 35.4 Å². The SMILES string of the molecule is N#Cc1cnc(N2CCC(CC(=O)N3CCc4ccccc4C3)CC2)c(Cl)c1. The Bertz CT molecular complexity index is 915. The maximum Gasteiger partial charge on any atom is 0.223 e. The van der Waals surface area contributed by atoms with Gasteiger partial charge in [0.25, 0.3) is 0 Å². The monoisotopic (exact) mass is 394 g/mol. The second-order valence-corrected chi connectivity index (χ2v) is 8.02. The molecule has 2 aliphatic rings. The van der Waals surface area contributed by atoms with Crippen LogP contribution in [-0.2, 0) is 17.8 Å². The van der Waals surface area contributed by atoms with Crippen LogP contribution in [0.2, 0.25) is 5.02 Å². The van der Waals surface area contributed by atoms with Gasteiger partial charge in [-0.3, -0.25) is 4.79 Å². The average molecular weight is 395 g/mol. The van der Waals surface area contributed by atoms with E-state index in [1.807, 2.05) is 11.0 Å². The summed E-state index contributed by atoms with van der Waals surface area (Å²) in [5.74, 6) is 1.40. The number of hydrogen-bond donors (Lipinski definition) is 0. The molecule has 5 nitrogen and oxygen atoms in total. The quantitative estimate of drug-likeness (QED) is 0.794. The number of nitriles is 1. The second kappa shape index (κ2) is 8.20. The highest BCUT2D eigenvalue weighted by molar-refractivity contribution is 6.33. The number of carbonyl (C=O) groups is 1. The van der Waals surface area contributed by atoms with Crippen molar-refractivity contribution < 1.29 is 4.79 Å². The molecule has 0 atom stereocenters. The number of pyridine rings is 1. The fourth-order valence-corrected chi connectivity index (χ4v) is 4.44. The molecule has 28 heavy (non-hydrogen) atoms. The topological polar surface area (TPSA) is 60.2 Å². The van der Waals surface area contributed by atoms with Gasteiger partial charge >= 0.3 is 0 Å². The number of fused-ring (bicyclic) bond motifs is 1. The molecule has 2 aromatic rings. The van der Waals surface area contributed by atoms with E-state index in [1.165, 1.54) is 11.1 Å². The minimum absolute atomic E-state index is 0.266. The number of piperidine rings is 1. The molecule has 1 aromatic heterocycles. The number of benzene rings is 1. The van der Waals surface area contributed by atoms with Crippen LogP contribution in [0.1, 0.15) is 36.0 Å². The van der Waals surface area contributed by atoms with Crippen molar-refractivity contribution >= 4 is 23.3 Å². The molecule has 6 heteroatoms. The van der Waals surface area contributed by atoms with E-state index in [4.69, 9.17) is 16.9 Å². The molecule has 1 amide bonds. The summed E-state index contributed by atoms with van der Waals surface area (Å²) in [6.45, 7) is 3.22. The Morgan fingerprint density at radius 3 is 2.68 bits per heavy atom. The maximum absolute atomic E-state index is 12.8. The van der Waals surface area contributed by atoms with Crippen LogP contribution in [0.25, 0.3) is 0 Å². The summed E-state index contributed by atoms with van der Waals surface area (Å²) in [6.07, 6.45) is 5.03. The van der Waals surface area contributed by atoms with E-state index in [2.05, 4.69) is 34.2 Å². The van der Waals surface area contributed by atoms with Crippen LogP contribution in [0, 0.1) is 17.2 Å². The third-order valence-corrected chi connectivity index (χ3v) is 6.09. The van der Waals surface area contributed by atoms with Crippen molar-refractivity contribution in [3.8, 4) is 6.07 Å². The number of nitrogens with zero attached hydrogens (tertiary/aromatic N) is 4. The number of aromatic nitrogens is 1. The van der Waals surface area contributed by atoms with Crippen LogP contribution >= 0.6 is 11.6 Å². The minimum atomic E-state index is 0.266. The van der Waals surface area contributed by atoms with E-state index in [0.29, 0.717) is 22.9 Å². The van der Waals surface area contributed by atoms with Gasteiger partial charge in [0, 0.05) is 38.8 Å². The maximum atomic E-state index is 12.8. The minimum Gasteiger partial charge on any atom is -0.355 e. The lowest BCUT2D eigenvalue weighted by molar-refractivity contribution is -0.133. The zero-order chi connectivity index (χ0) is 19.5. The first kappa shape index (κ1) is 18.8. The van der Waals surface area contributed by atoms with E-state index in [0.717, 1.165) is 51.3 Å². The van der Waals surface area contributed by atoms with Crippen molar-refractivity contribution in [3.05, 3.63) is 58.2 Å². The van der Waals surface area contributed by atoms with E-state index in [1.54, 1.807) is 12.3 Å². The Morgan fingerprint density at radius 1 is 1.21 bits per heavy atom. The fourth-order valence-electron chi connectivity index (χ4n) is 4.16. The van der Waals surface area contributed by atoms with Crippen molar-refractivity contribution in [1.82, 2.24) is 9.88 Å². The summed E-state index contributed by atoms with van der Waals surface area (Å²) in [6, 6.07) is 12.1. The van der Waals surface area contributed by atoms with Gasteiger partial charge in [0.2, 0.25) is 5.91 Å². The molecular formula is C22H23ClN4O. The number of amides is 1. The lowest BCUT2D eigenvalue weighted by Crippen LogP contribution is -2.39. The van der Waals surface area contributed by atoms with Crippen LogP contribution in [0.5, 0.6) is 0 Å². The molecule has 1 aromatic carbocycles. The molecule has 0 bridgehead atoms. The van der Waals surface area contributed by atoms with Gasteiger partial charge in [0.05, 0.1) is 10.6 Å². The molecule has 0 aliphatic carbocycles. The van der Waals surface area contributed by atoms with E-state index in [-0.39, 0.29) is 5.91 Å². The molecule has 4 rings (SSSR count). The molecule has 0 spiro atoms. The molecular weight excluding hydrogens is 372 g/mol. The molecule has 2 aliphatic heterocycles. The van der Waals surface area contributed by atoms with Crippen LogP contribution in [0.3, 0.4) is 0 Å². The standard InChI is InChI=1S/C22H23ClN4O/c23-20-11-17(13-24)14-25-22(20)26-8-5-16(6-9-26)12-21(28)27-10-7-18-3-1-2-4-19(18)15-27/h1-4,11,14,16H,5-10,12,15H2. The number of rotatable bonds is 3. The van der Waals surface area contributed by atoms with Gasteiger partial charge in [0.1, 0.15) is 11.9 Å². The van der Waals surface area contributed by atoms with E-state index >= 15 is 0 Å². The third-order valence-electron chi connectivity index (χ3n) is 5.81. The average Bonchev–Trinajstić information content (AvgIpc) is 2.74. The molecule has 1 fully saturated rings. The summed E-state index contributed by atoms with van der Waals surface area (Å²) in [4.78, 5) is 21.3. The lowest BCUT2D eigenvalue weighted by Gasteiger charge is -2.35. The van der Waals surface area contributed by atoms with Gasteiger partial charge in [-0.15, -0.1) is 0 Å². The van der Waals surface area contributed by atoms with E-state index in [9.17, 15) is 4.79 Å². The van der Waals surface area contributed by atoms with Gasteiger partial charge < -0.3 is 9.80 Å². The molecule has 0 unspecified atom stereocenters.